The van der Waals surface area contributed by atoms with Crippen LogP contribution >= 0.6 is 11.3 Å². The highest BCUT2D eigenvalue weighted by Crippen LogP contribution is 2.40. The number of nitrogens with zero attached hydrogens (tertiary/aromatic N) is 5. The van der Waals surface area contributed by atoms with Gasteiger partial charge in [0.15, 0.2) is 5.69 Å². The van der Waals surface area contributed by atoms with Crippen LogP contribution in [0.3, 0.4) is 0 Å². The van der Waals surface area contributed by atoms with Gasteiger partial charge in [-0.1, -0.05) is 65.0 Å². The van der Waals surface area contributed by atoms with Gasteiger partial charge in [-0.3, -0.25) is 4.79 Å². The van der Waals surface area contributed by atoms with Crippen LogP contribution in [0.4, 0.5) is 16.7 Å². The molecule has 6 rings (SSSR count). The van der Waals surface area contributed by atoms with Crippen molar-refractivity contribution in [2.24, 2.45) is 4.99 Å². The molecule has 0 bridgehead atoms. The Hall–Kier alpha value is -4.13. The predicted molar refractivity (Wildman–Crippen MR) is 148 cm³/mol. The van der Waals surface area contributed by atoms with Gasteiger partial charge < -0.3 is 29.8 Å². The summed E-state index contributed by atoms with van der Waals surface area (Å²) in [4.78, 5) is 24.7. The average molecular weight is 546 g/mol. The van der Waals surface area contributed by atoms with Gasteiger partial charge in [-0.15, -0.1) is 5.10 Å². The number of anilines is 3. The van der Waals surface area contributed by atoms with Crippen LogP contribution in [-0.4, -0.2) is 64.4 Å². The van der Waals surface area contributed by atoms with Crippen LogP contribution in [-0.2, 0) is 15.1 Å². The number of aliphatic imine (C=N–C) groups is 1. The second-order valence-corrected chi connectivity index (χ2v) is 10.6. The lowest BCUT2D eigenvalue weighted by Crippen LogP contribution is -2.36. The lowest BCUT2D eigenvalue weighted by atomic mass is 10.0. The van der Waals surface area contributed by atoms with Crippen molar-refractivity contribution in [1.82, 2.24) is 15.2 Å². The van der Waals surface area contributed by atoms with E-state index >= 15 is 0 Å². The minimum absolute atomic E-state index is 0.0259. The molecule has 4 aromatic rings. The molecule has 2 aromatic heterocycles. The smallest absolute Gasteiger partial charge is 0.317 e. The van der Waals surface area contributed by atoms with Gasteiger partial charge in [-0.25, -0.2) is 9.98 Å². The topological polar surface area (TPSA) is 138 Å². The van der Waals surface area contributed by atoms with Crippen molar-refractivity contribution in [2.75, 3.05) is 41.8 Å². The SMILES string of the molecule is CC(C)(O)c1nc(-c2nnc(NC3N=C(c4ccccc4)c4ccccc4NC3=O)o2)c(N2CCOCC2)s1. The number of aromatic nitrogens is 3. The molecule has 1 fully saturated rings. The van der Waals surface area contributed by atoms with E-state index < -0.39 is 11.8 Å². The van der Waals surface area contributed by atoms with Crippen LogP contribution in [0.5, 0.6) is 0 Å². The molecule has 39 heavy (non-hydrogen) atoms. The third-order valence-corrected chi connectivity index (χ3v) is 7.74. The summed E-state index contributed by atoms with van der Waals surface area (Å²) in [6.45, 7) is 5.91. The number of hydrogen-bond acceptors (Lipinski definition) is 11. The number of para-hydroxylation sites is 1. The molecule has 2 aliphatic rings. The number of hydrogen-bond donors (Lipinski definition) is 3. The number of carbonyl (C=O) groups excluding carboxylic acids is 1. The monoisotopic (exact) mass is 545 g/mol. The first-order chi connectivity index (χ1) is 18.9. The number of aliphatic hydroxyl groups is 1. The van der Waals surface area contributed by atoms with Gasteiger partial charge in [0.1, 0.15) is 15.6 Å². The van der Waals surface area contributed by atoms with Crippen molar-refractivity contribution in [3.05, 3.63) is 70.7 Å². The fourth-order valence-electron chi connectivity index (χ4n) is 4.37. The Morgan fingerprint density at radius 1 is 1.08 bits per heavy atom. The van der Waals surface area contributed by atoms with E-state index in [0.29, 0.717) is 48.4 Å². The summed E-state index contributed by atoms with van der Waals surface area (Å²) in [5, 5.41) is 26.2. The molecule has 3 N–H and O–H groups in total. The van der Waals surface area contributed by atoms with Crippen LogP contribution in [0.1, 0.15) is 30.0 Å². The van der Waals surface area contributed by atoms with E-state index in [9.17, 15) is 9.90 Å². The number of nitrogens with one attached hydrogen (secondary N) is 2. The maximum absolute atomic E-state index is 13.2. The Labute approximate surface area is 228 Å². The molecule has 1 atom stereocenters. The fourth-order valence-corrected chi connectivity index (χ4v) is 5.48. The van der Waals surface area contributed by atoms with Crippen molar-refractivity contribution in [1.29, 1.82) is 0 Å². The molecule has 1 unspecified atom stereocenters. The second kappa shape index (κ2) is 10.2. The summed E-state index contributed by atoms with van der Waals surface area (Å²) >= 11 is 1.38. The molecule has 2 aliphatic heterocycles. The molecule has 1 amide bonds. The Bertz CT molecular complexity index is 1520. The average Bonchev–Trinajstić information content (AvgIpc) is 3.57. The minimum atomic E-state index is -1.14. The summed E-state index contributed by atoms with van der Waals surface area (Å²) in [6, 6.07) is 17.2. The molecule has 0 radical (unpaired) electrons. The van der Waals surface area contributed by atoms with Crippen LogP contribution in [0.2, 0.25) is 0 Å². The van der Waals surface area contributed by atoms with Gasteiger partial charge >= 0.3 is 6.01 Å². The highest BCUT2D eigenvalue weighted by atomic mass is 32.1. The number of ether oxygens (including phenoxy) is 1. The zero-order chi connectivity index (χ0) is 27.0. The van der Waals surface area contributed by atoms with Crippen LogP contribution in [0.15, 0.2) is 64.0 Å². The first kappa shape index (κ1) is 25.2. The molecule has 11 nitrogen and oxygen atoms in total. The van der Waals surface area contributed by atoms with Crippen molar-refractivity contribution < 1.29 is 19.1 Å². The lowest BCUT2D eigenvalue weighted by Gasteiger charge is -2.27. The lowest BCUT2D eigenvalue weighted by molar-refractivity contribution is -0.116. The summed E-state index contributed by atoms with van der Waals surface area (Å²) in [7, 11) is 0. The Morgan fingerprint density at radius 3 is 2.59 bits per heavy atom. The predicted octanol–water partition coefficient (Wildman–Crippen LogP) is 3.48. The summed E-state index contributed by atoms with van der Waals surface area (Å²) in [5.41, 5.74) is 2.34. The highest BCUT2D eigenvalue weighted by molar-refractivity contribution is 7.16. The van der Waals surface area contributed by atoms with Crippen molar-refractivity contribution in [3.8, 4) is 11.6 Å². The van der Waals surface area contributed by atoms with Gasteiger partial charge in [0.25, 0.3) is 11.8 Å². The Balaban J connectivity index is 1.33. The van der Waals surface area contributed by atoms with Crippen molar-refractivity contribution >= 4 is 39.7 Å². The highest BCUT2D eigenvalue weighted by Gasteiger charge is 2.31. The number of amides is 1. The second-order valence-electron chi connectivity index (χ2n) is 9.67. The van der Waals surface area contributed by atoms with Crippen LogP contribution in [0.25, 0.3) is 11.6 Å². The zero-order valence-corrected chi connectivity index (χ0v) is 22.2. The number of thiazole rings is 1. The fraction of sp³-hybridized carbons (Fsp3) is 0.296. The van der Waals surface area contributed by atoms with Gasteiger partial charge in [0.05, 0.1) is 24.6 Å². The van der Waals surface area contributed by atoms with E-state index in [1.54, 1.807) is 13.8 Å². The van der Waals surface area contributed by atoms with Gasteiger partial charge in [-0.2, -0.15) is 0 Å². The molecule has 0 saturated carbocycles. The molecule has 200 valence electrons. The number of benzene rings is 2. The quantitative estimate of drug-likeness (QED) is 0.332. The van der Waals surface area contributed by atoms with Crippen LogP contribution in [0, 0.1) is 0 Å². The molecule has 4 heterocycles. The standard InChI is InChI=1S/C27H27N7O4S/c1-27(2,36)25-30-20(24(39-25)34-12-14-37-15-13-34)23-32-33-26(38-23)31-21-22(35)28-18-11-7-6-10-17(18)19(29-21)16-8-4-3-5-9-16/h3-11,21,36H,12-15H2,1-2H3,(H,28,35)(H,31,33). The largest absolute Gasteiger partial charge is 0.402 e. The third-order valence-electron chi connectivity index (χ3n) is 6.31. The molecule has 0 aliphatic carbocycles. The number of fused-ring (bicyclic) bond motifs is 1. The third kappa shape index (κ3) is 5.13. The van der Waals surface area contributed by atoms with E-state index in [1.165, 1.54) is 11.3 Å². The van der Waals surface area contributed by atoms with Crippen LogP contribution < -0.4 is 15.5 Å². The molecule has 0 spiro atoms. The summed E-state index contributed by atoms with van der Waals surface area (Å²) < 4.78 is 11.5. The van der Waals surface area contributed by atoms with E-state index in [4.69, 9.17) is 14.1 Å². The van der Waals surface area contributed by atoms with Crippen molar-refractivity contribution in [3.63, 3.8) is 0 Å². The van der Waals surface area contributed by atoms with Gasteiger partial charge in [-0.05, 0) is 19.9 Å². The normalized spacial score (nSPS) is 17.7. The van der Waals surface area contributed by atoms with Crippen molar-refractivity contribution in [2.45, 2.75) is 25.6 Å². The van der Waals surface area contributed by atoms with E-state index in [0.717, 1.165) is 16.1 Å². The first-order valence-corrected chi connectivity index (χ1v) is 13.4. The maximum Gasteiger partial charge on any atom is 0.317 e. The van der Waals surface area contributed by atoms with E-state index in [1.807, 2.05) is 54.6 Å². The molecular weight excluding hydrogens is 518 g/mol. The first-order valence-electron chi connectivity index (χ1n) is 12.6. The van der Waals surface area contributed by atoms with E-state index in [2.05, 4.69) is 30.7 Å². The summed E-state index contributed by atoms with van der Waals surface area (Å²) in [5.74, 6) is -0.185. The van der Waals surface area contributed by atoms with Gasteiger partial charge in [0.2, 0.25) is 6.17 Å². The number of rotatable bonds is 6. The maximum atomic E-state index is 13.2. The Morgan fingerprint density at radius 2 is 1.82 bits per heavy atom. The minimum Gasteiger partial charge on any atom is -0.402 e. The van der Waals surface area contributed by atoms with E-state index in [-0.39, 0.29) is 17.8 Å². The zero-order valence-electron chi connectivity index (χ0n) is 21.4. The summed E-state index contributed by atoms with van der Waals surface area (Å²) in [6.07, 6.45) is -1.03. The number of morpholine rings is 1. The molecule has 2 aromatic carbocycles. The molecule has 1 saturated heterocycles. The molecular formula is C27H27N7O4S. The molecule has 12 heteroatoms. The Kier molecular flexibility index (Phi) is 6.59. The number of carbonyl (C=O) groups is 1. The number of benzodiazepines with no additional fused rings is 1. The van der Waals surface area contributed by atoms with Gasteiger partial charge in [0, 0.05) is 24.2 Å².